The van der Waals surface area contributed by atoms with Crippen LogP contribution in [0.2, 0.25) is 0 Å². The van der Waals surface area contributed by atoms with E-state index >= 15 is 0 Å². The van der Waals surface area contributed by atoms with Crippen LogP contribution in [-0.4, -0.2) is 21.0 Å². The smallest absolute Gasteiger partial charge is 0.335 e. The number of hydrogen-bond acceptors (Lipinski definition) is 5. The van der Waals surface area contributed by atoms with E-state index in [-0.39, 0.29) is 5.56 Å². The Morgan fingerprint density at radius 2 is 2.11 bits per heavy atom. The van der Waals surface area contributed by atoms with E-state index in [0.29, 0.717) is 0 Å². The molecule has 1 N–H and O–H groups in total. The first-order chi connectivity index (χ1) is 9.24. The summed E-state index contributed by atoms with van der Waals surface area (Å²) in [6.07, 6.45) is 1.74. The Bertz CT molecular complexity index is 720. The molecule has 2 aromatic heterocycles. The number of carboxylic acid groups (broad SMARTS) is 1. The van der Waals surface area contributed by atoms with Crippen molar-refractivity contribution in [3.05, 3.63) is 46.8 Å². The largest absolute Gasteiger partial charge is 0.478 e. The summed E-state index contributed by atoms with van der Waals surface area (Å²) in [5.41, 5.74) is 1.91. The molecule has 4 nitrogen and oxygen atoms in total. The number of carbonyl (C=O) groups is 1. The van der Waals surface area contributed by atoms with Gasteiger partial charge in [0.15, 0.2) is 0 Å². The highest BCUT2D eigenvalue weighted by atomic mass is 32.1. The maximum Gasteiger partial charge on any atom is 0.335 e. The predicted octanol–water partition coefficient (Wildman–Crippen LogP) is 3.63. The van der Waals surface area contributed by atoms with Gasteiger partial charge in [-0.2, -0.15) is 0 Å². The van der Waals surface area contributed by atoms with E-state index in [1.165, 1.54) is 22.7 Å². The summed E-state index contributed by atoms with van der Waals surface area (Å²) in [5.74, 6) is -0.932. The van der Waals surface area contributed by atoms with Crippen molar-refractivity contribution >= 4 is 28.6 Å². The van der Waals surface area contributed by atoms with Crippen molar-refractivity contribution in [3.8, 4) is 21.3 Å². The van der Waals surface area contributed by atoms with Gasteiger partial charge in [-0.15, -0.1) is 22.7 Å². The molecule has 2 heterocycles. The topological polar surface area (TPSA) is 63.1 Å². The quantitative estimate of drug-likeness (QED) is 0.799. The molecule has 0 aliphatic rings. The molecule has 0 unspecified atom stereocenters. The van der Waals surface area contributed by atoms with Gasteiger partial charge in [0.25, 0.3) is 0 Å². The van der Waals surface area contributed by atoms with E-state index in [4.69, 9.17) is 5.11 Å². The molecule has 19 heavy (non-hydrogen) atoms. The average molecular weight is 288 g/mol. The zero-order valence-corrected chi connectivity index (χ0v) is 11.2. The normalized spacial score (nSPS) is 10.5. The number of thiazole rings is 2. The SMILES string of the molecule is O=C(O)c1cccc(-c2nc(-c3nccs3)cs2)c1. The lowest BCUT2D eigenvalue weighted by Gasteiger charge is -1.98. The summed E-state index contributed by atoms with van der Waals surface area (Å²) in [4.78, 5) is 19.7. The molecule has 6 heteroatoms. The molecule has 0 atom stereocenters. The summed E-state index contributed by atoms with van der Waals surface area (Å²) in [5, 5.41) is 14.5. The summed E-state index contributed by atoms with van der Waals surface area (Å²) in [7, 11) is 0. The van der Waals surface area contributed by atoms with E-state index in [1.54, 1.807) is 24.4 Å². The second kappa shape index (κ2) is 4.91. The Kier molecular flexibility index (Phi) is 3.10. The van der Waals surface area contributed by atoms with Gasteiger partial charge in [0.1, 0.15) is 15.7 Å². The van der Waals surface area contributed by atoms with Crippen molar-refractivity contribution in [2.24, 2.45) is 0 Å². The highest BCUT2D eigenvalue weighted by Gasteiger charge is 2.10. The summed E-state index contributed by atoms with van der Waals surface area (Å²) >= 11 is 3.02. The number of aromatic carboxylic acids is 1. The first-order valence-corrected chi connectivity index (χ1v) is 7.19. The van der Waals surface area contributed by atoms with Crippen LogP contribution in [0.25, 0.3) is 21.3 Å². The van der Waals surface area contributed by atoms with E-state index in [9.17, 15) is 4.79 Å². The molecular formula is C13H8N2O2S2. The minimum Gasteiger partial charge on any atom is -0.478 e. The Balaban J connectivity index is 1.99. The first kappa shape index (κ1) is 12.0. The highest BCUT2D eigenvalue weighted by molar-refractivity contribution is 7.15. The molecule has 0 aliphatic carbocycles. The molecule has 3 aromatic rings. The third-order valence-corrected chi connectivity index (χ3v) is 4.20. The van der Waals surface area contributed by atoms with E-state index < -0.39 is 5.97 Å². The van der Waals surface area contributed by atoms with Gasteiger partial charge < -0.3 is 5.11 Å². The fraction of sp³-hybridized carbons (Fsp3) is 0. The molecule has 0 amide bonds. The van der Waals surface area contributed by atoms with Gasteiger partial charge in [0, 0.05) is 22.5 Å². The molecule has 0 aliphatic heterocycles. The zero-order chi connectivity index (χ0) is 13.2. The summed E-state index contributed by atoms with van der Waals surface area (Å²) < 4.78 is 0. The lowest BCUT2D eigenvalue weighted by atomic mass is 10.1. The maximum atomic E-state index is 11.0. The second-order valence-corrected chi connectivity index (χ2v) is 5.51. The number of nitrogens with zero attached hydrogens (tertiary/aromatic N) is 2. The molecule has 0 saturated heterocycles. The molecule has 94 valence electrons. The van der Waals surface area contributed by atoms with Crippen LogP contribution in [0.15, 0.2) is 41.2 Å². The minimum atomic E-state index is -0.932. The Labute approximate surface area is 117 Å². The van der Waals surface area contributed by atoms with Crippen molar-refractivity contribution in [1.82, 2.24) is 9.97 Å². The van der Waals surface area contributed by atoms with Crippen LogP contribution in [-0.2, 0) is 0 Å². The molecule has 1 aromatic carbocycles. The number of hydrogen-bond donors (Lipinski definition) is 1. The van der Waals surface area contributed by atoms with Gasteiger partial charge in [0.2, 0.25) is 0 Å². The van der Waals surface area contributed by atoms with Crippen LogP contribution in [0.5, 0.6) is 0 Å². The van der Waals surface area contributed by atoms with Crippen molar-refractivity contribution in [2.75, 3.05) is 0 Å². The second-order valence-electron chi connectivity index (χ2n) is 3.76. The standard InChI is InChI=1S/C13H8N2O2S2/c16-13(17)9-3-1-2-8(6-9)11-15-10(7-19-11)12-14-4-5-18-12/h1-7H,(H,16,17). The van der Waals surface area contributed by atoms with Gasteiger partial charge in [-0.25, -0.2) is 14.8 Å². The Morgan fingerprint density at radius 1 is 1.21 bits per heavy atom. The first-order valence-electron chi connectivity index (χ1n) is 5.43. The van der Waals surface area contributed by atoms with Crippen LogP contribution in [0.3, 0.4) is 0 Å². The van der Waals surface area contributed by atoms with Crippen LogP contribution in [0.1, 0.15) is 10.4 Å². The van der Waals surface area contributed by atoms with E-state index in [1.807, 2.05) is 16.8 Å². The molecule has 0 saturated carbocycles. The zero-order valence-electron chi connectivity index (χ0n) is 9.61. The minimum absolute atomic E-state index is 0.267. The van der Waals surface area contributed by atoms with Gasteiger partial charge in [-0.3, -0.25) is 0 Å². The number of rotatable bonds is 3. The van der Waals surface area contributed by atoms with Gasteiger partial charge in [0.05, 0.1) is 5.56 Å². The van der Waals surface area contributed by atoms with Crippen molar-refractivity contribution in [1.29, 1.82) is 0 Å². The Morgan fingerprint density at radius 3 is 2.84 bits per heavy atom. The molecule has 0 bridgehead atoms. The highest BCUT2D eigenvalue weighted by Crippen LogP contribution is 2.30. The third kappa shape index (κ3) is 2.40. The van der Waals surface area contributed by atoms with Crippen LogP contribution in [0.4, 0.5) is 0 Å². The molecule has 0 fully saturated rings. The average Bonchev–Trinajstić information content (AvgIpc) is 3.09. The lowest BCUT2D eigenvalue weighted by molar-refractivity contribution is 0.0697. The van der Waals surface area contributed by atoms with Crippen LogP contribution in [0, 0.1) is 0 Å². The van der Waals surface area contributed by atoms with Crippen molar-refractivity contribution in [3.63, 3.8) is 0 Å². The number of benzene rings is 1. The van der Waals surface area contributed by atoms with Gasteiger partial charge >= 0.3 is 5.97 Å². The molecule has 3 rings (SSSR count). The number of carboxylic acids is 1. The van der Waals surface area contributed by atoms with Crippen LogP contribution >= 0.6 is 22.7 Å². The summed E-state index contributed by atoms with van der Waals surface area (Å²) in [6.45, 7) is 0. The molecular weight excluding hydrogens is 280 g/mol. The Hall–Kier alpha value is -2.05. The van der Waals surface area contributed by atoms with Crippen LogP contribution < -0.4 is 0 Å². The van der Waals surface area contributed by atoms with E-state index in [2.05, 4.69) is 9.97 Å². The van der Waals surface area contributed by atoms with E-state index in [0.717, 1.165) is 21.3 Å². The monoisotopic (exact) mass is 288 g/mol. The van der Waals surface area contributed by atoms with Crippen molar-refractivity contribution in [2.45, 2.75) is 0 Å². The van der Waals surface area contributed by atoms with Gasteiger partial charge in [-0.1, -0.05) is 12.1 Å². The fourth-order valence-corrected chi connectivity index (χ4v) is 3.11. The third-order valence-electron chi connectivity index (χ3n) is 2.51. The maximum absolute atomic E-state index is 11.0. The fourth-order valence-electron chi connectivity index (χ4n) is 1.64. The number of aromatic nitrogens is 2. The van der Waals surface area contributed by atoms with Gasteiger partial charge in [-0.05, 0) is 12.1 Å². The molecule has 0 spiro atoms. The summed E-state index contributed by atoms with van der Waals surface area (Å²) in [6, 6.07) is 6.79. The molecule has 0 radical (unpaired) electrons. The lowest BCUT2D eigenvalue weighted by Crippen LogP contribution is -1.95. The predicted molar refractivity (Wildman–Crippen MR) is 75.6 cm³/mol. The van der Waals surface area contributed by atoms with Crippen molar-refractivity contribution < 1.29 is 9.90 Å².